The van der Waals surface area contributed by atoms with Crippen molar-refractivity contribution in [2.24, 2.45) is 7.05 Å². The monoisotopic (exact) mass is 390 g/mol. The van der Waals surface area contributed by atoms with Crippen LogP contribution in [-0.2, 0) is 16.6 Å². The summed E-state index contributed by atoms with van der Waals surface area (Å²) in [6.07, 6.45) is 1.32. The lowest BCUT2D eigenvalue weighted by Crippen LogP contribution is -2.26. The molecule has 0 bridgehead atoms. The molecule has 1 aromatic heterocycles. The lowest BCUT2D eigenvalue weighted by molar-refractivity contribution is -0.124. The SMILES string of the molecule is Cn1nc(-c2ccc(NC(=O)[C@H]3CCCO3)cc2)cc1NC(=O)c1ccccc1. The minimum atomic E-state index is -0.360. The summed E-state index contributed by atoms with van der Waals surface area (Å²) in [7, 11) is 1.78. The second kappa shape index (κ2) is 8.28. The number of nitrogens with one attached hydrogen (secondary N) is 2. The Balaban J connectivity index is 1.44. The van der Waals surface area contributed by atoms with Gasteiger partial charge >= 0.3 is 0 Å². The molecule has 2 heterocycles. The van der Waals surface area contributed by atoms with Crippen LogP contribution in [0.2, 0.25) is 0 Å². The molecule has 1 aliphatic rings. The summed E-state index contributed by atoms with van der Waals surface area (Å²) >= 11 is 0. The van der Waals surface area contributed by atoms with Gasteiger partial charge in [-0.1, -0.05) is 30.3 Å². The van der Waals surface area contributed by atoms with Gasteiger partial charge in [-0.2, -0.15) is 5.10 Å². The Morgan fingerprint density at radius 3 is 2.52 bits per heavy atom. The Morgan fingerprint density at radius 2 is 1.83 bits per heavy atom. The molecule has 3 aromatic rings. The van der Waals surface area contributed by atoms with E-state index in [1.165, 1.54) is 0 Å². The van der Waals surface area contributed by atoms with Gasteiger partial charge in [-0.3, -0.25) is 14.3 Å². The average molecular weight is 390 g/mol. The highest BCUT2D eigenvalue weighted by Gasteiger charge is 2.23. The third-order valence-electron chi connectivity index (χ3n) is 4.83. The van der Waals surface area contributed by atoms with E-state index in [4.69, 9.17) is 4.74 Å². The highest BCUT2D eigenvalue weighted by atomic mass is 16.5. The minimum absolute atomic E-state index is 0.112. The van der Waals surface area contributed by atoms with E-state index in [9.17, 15) is 9.59 Å². The fourth-order valence-corrected chi connectivity index (χ4v) is 3.23. The normalized spacial score (nSPS) is 15.8. The quantitative estimate of drug-likeness (QED) is 0.699. The van der Waals surface area contributed by atoms with Crippen LogP contribution in [-0.4, -0.2) is 34.3 Å². The summed E-state index contributed by atoms with van der Waals surface area (Å²) in [4.78, 5) is 24.5. The maximum absolute atomic E-state index is 12.4. The van der Waals surface area contributed by atoms with Crippen molar-refractivity contribution < 1.29 is 14.3 Å². The van der Waals surface area contributed by atoms with Gasteiger partial charge in [0, 0.05) is 36.5 Å². The predicted molar refractivity (Wildman–Crippen MR) is 111 cm³/mol. The van der Waals surface area contributed by atoms with Gasteiger partial charge in [-0.25, -0.2) is 0 Å². The molecule has 29 heavy (non-hydrogen) atoms. The number of amides is 2. The van der Waals surface area contributed by atoms with E-state index in [1.54, 1.807) is 23.9 Å². The predicted octanol–water partition coefficient (Wildman–Crippen LogP) is 3.46. The first kappa shape index (κ1) is 18.9. The Labute approximate surface area is 168 Å². The maximum Gasteiger partial charge on any atom is 0.256 e. The van der Waals surface area contributed by atoms with E-state index in [1.807, 2.05) is 48.5 Å². The van der Waals surface area contributed by atoms with Crippen molar-refractivity contribution in [3.8, 4) is 11.3 Å². The standard InChI is InChI=1S/C22H22N4O3/c1-26-20(24-21(27)16-6-3-2-4-7-16)14-18(25-26)15-9-11-17(12-10-15)23-22(28)19-8-5-13-29-19/h2-4,6-7,9-12,14,19H,5,8,13H2,1H3,(H,23,28)(H,24,27)/t19-/m1/s1. The maximum atomic E-state index is 12.4. The van der Waals surface area contributed by atoms with Gasteiger partial charge in [0.2, 0.25) is 0 Å². The Morgan fingerprint density at radius 1 is 1.07 bits per heavy atom. The van der Waals surface area contributed by atoms with Crippen LogP contribution in [0.15, 0.2) is 60.7 Å². The zero-order valence-corrected chi connectivity index (χ0v) is 16.1. The summed E-state index contributed by atoms with van der Waals surface area (Å²) in [5, 5.41) is 10.2. The van der Waals surface area contributed by atoms with E-state index in [0.717, 1.165) is 24.1 Å². The molecular weight excluding hydrogens is 368 g/mol. The molecule has 0 unspecified atom stereocenters. The smallest absolute Gasteiger partial charge is 0.256 e. The molecule has 2 amide bonds. The van der Waals surface area contributed by atoms with Crippen molar-refractivity contribution in [1.82, 2.24) is 9.78 Å². The summed E-state index contributed by atoms with van der Waals surface area (Å²) in [5.41, 5.74) is 2.91. The van der Waals surface area contributed by atoms with E-state index in [0.29, 0.717) is 23.7 Å². The lowest BCUT2D eigenvalue weighted by atomic mass is 10.1. The number of benzene rings is 2. The Hall–Kier alpha value is -3.45. The largest absolute Gasteiger partial charge is 0.368 e. The van der Waals surface area contributed by atoms with Crippen molar-refractivity contribution in [2.75, 3.05) is 17.2 Å². The number of aryl methyl sites for hydroxylation is 1. The summed E-state index contributed by atoms with van der Waals surface area (Å²) < 4.78 is 7.03. The molecule has 1 saturated heterocycles. The van der Waals surface area contributed by atoms with Gasteiger partial charge in [0.15, 0.2) is 0 Å². The van der Waals surface area contributed by atoms with Crippen LogP contribution in [0.3, 0.4) is 0 Å². The number of aromatic nitrogens is 2. The molecule has 1 atom stereocenters. The van der Waals surface area contributed by atoms with Crippen molar-refractivity contribution in [3.63, 3.8) is 0 Å². The molecule has 0 aliphatic carbocycles. The number of anilines is 2. The van der Waals surface area contributed by atoms with E-state index < -0.39 is 0 Å². The highest BCUT2D eigenvalue weighted by Crippen LogP contribution is 2.24. The third-order valence-corrected chi connectivity index (χ3v) is 4.83. The van der Waals surface area contributed by atoms with Crippen LogP contribution in [0, 0.1) is 0 Å². The second-order valence-corrected chi connectivity index (χ2v) is 6.93. The fourth-order valence-electron chi connectivity index (χ4n) is 3.23. The molecule has 2 N–H and O–H groups in total. The lowest BCUT2D eigenvalue weighted by Gasteiger charge is -2.10. The van der Waals surface area contributed by atoms with Crippen LogP contribution in [0.4, 0.5) is 11.5 Å². The number of nitrogens with zero attached hydrogens (tertiary/aromatic N) is 2. The van der Waals surface area contributed by atoms with E-state index in [-0.39, 0.29) is 17.9 Å². The van der Waals surface area contributed by atoms with Gasteiger partial charge in [0.1, 0.15) is 11.9 Å². The topological polar surface area (TPSA) is 85.2 Å². The van der Waals surface area contributed by atoms with Crippen molar-refractivity contribution in [3.05, 3.63) is 66.2 Å². The van der Waals surface area contributed by atoms with Crippen LogP contribution >= 0.6 is 0 Å². The molecule has 0 saturated carbocycles. The second-order valence-electron chi connectivity index (χ2n) is 6.93. The average Bonchev–Trinajstić information content (AvgIpc) is 3.40. The zero-order chi connectivity index (χ0) is 20.2. The number of rotatable bonds is 5. The molecule has 1 aliphatic heterocycles. The molecule has 4 rings (SSSR count). The van der Waals surface area contributed by atoms with Crippen molar-refractivity contribution in [2.45, 2.75) is 18.9 Å². The molecule has 7 nitrogen and oxygen atoms in total. The molecule has 7 heteroatoms. The highest BCUT2D eigenvalue weighted by molar-refractivity contribution is 6.04. The van der Waals surface area contributed by atoms with Gasteiger partial charge in [0.25, 0.3) is 11.8 Å². The molecule has 1 fully saturated rings. The van der Waals surface area contributed by atoms with Crippen LogP contribution < -0.4 is 10.6 Å². The first-order chi connectivity index (χ1) is 14.1. The van der Waals surface area contributed by atoms with Gasteiger partial charge in [-0.15, -0.1) is 0 Å². The molecular formula is C22H22N4O3. The molecule has 148 valence electrons. The van der Waals surface area contributed by atoms with Gasteiger partial charge in [-0.05, 0) is 37.1 Å². The number of carbonyl (C=O) groups is 2. The summed E-state index contributed by atoms with van der Waals surface area (Å²) in [6, 6.07) is 18.3. The van der Waals surface area contributed by atoms with Gasteiger partial charge < -0.3 is 15.4 Å². The Kier molecular flexibility index (Phi) is 5.39. The number of carbonyl (C=O) groups excluding carboxylic acids is 2. The van der Waals surface area contributed by atoms with Crippen LogP contribution in [0.5, 0.6) is 0 Å². The first-order valence-electron chi connectivity index (χ1n) is 9.53. The van der Waals surface area contributed by atoms with Crippen molar-refractivity contribution in [1.29, 1.82) is 0 Å². The number of hydrogen-bond acceptors (Lipinski definition) is 4. The van der Waals surface area contributed by atoms with Crippen molar-refractivity contribution >= 4 is 23.3 Å². The number of ether oxygens (including phenoxy) is 1. The van der Waals surface area contributed by atoms with Crippen LogP contribution in [0.1, 0.15) is 23.2 Å². The summed E-state index contributed by atoms with van der Waals surface area (Å²) in [5.74, 6) is 0.302. The minimum Gasteiger partial charge on any atom is -0.368 e. The Bertz CT molecular complexity index is 1010. The first-order valence-corrected chi connectivity index (χ1v) is 9.53. The van der Waals surface area contributed by atoms with E-state index >= 15 is 0 Å². The van der Waals surface area contributed by atoms with Gasteiger partial charge in [0.05, 0.1) is 5.69 Å². The van der Waals surface area contributed by atoms with E-state index in [2.05, 4.69) is 15.7 Å². The molecule has 0 spiro atoms. The third kappa shape index (κ3) is 4.35. The molecule has 0 radical (unpaired) electrons. The van der Waals surface area contributed by atoms with Crippen LogP contribution in [0.25, 0.3) is 11.3 Å². The zero-order valence-electron chi connectivity index (χ0n) is 16.1. The molecule has 2 aromatic carbocycles. The number of hydrogen-bond donors (Lipinski definition) is 2. The summed E-state index contributed by atoms with van der Waals surface area (Å²) in [6.45, 7) is 0.639. The fraction of sp³-hybridized carbons (Fsp3) is 0.227.